The van der Waals surface area contributed by atoms with Crippen LogP contribution in [0.3, 0.4) is 0 Å². The van der Waals surface area contributed by atoms with Crippen molar-refractivity contribution in [2.45, 2.75) is 6.92 Å². The minimum absolute atomic E-state index is 0.0831. The fourth-order valence-corrected chi connectivity index (χ4v) is 2.15. The van der Waals surface area contributed by atoms with Crippen LogP contribution in [0, 0.1) is 6.92 Å². The van der Waals surface area contributed by atoms with Gasteiger partial charge in [0.25, 0.3) is 5.91 Å². The summed E-state index contributed by atoms with van der Waals surface area (Å²) in [5, 5.41) is 15.5. The monoisotopic (exact) mass is 294 g/mol. The molecule has 0 saturated carbocycles. The third-order valence-corrected chi connectivity index (χ3v) is 3.23. The Morgan fingerprint density at radius 3 is 2.59 bits per heavy atom. The minimum Gasteiger partial charge on any atom is -0.507 e. The van der Waals surface area contributed by atoms with Crippen molar-refractivity contribution in [1.82, 2.24) is 5.43 Å². The fraction of sp³-hybridized carbons (Fsp3) is 0.0588. The Labute approximate surface area is 126 Å². The van der Waals surface area contributed by atoms with Gasteiger partial charge in [-0.05, 0) is 42.0 Å². The molecular formula is C17H14N2O3. The van der Waals surface area contributed by atoms with Crippen LogP contribution >= 0.6 is 0 Å². The summed E-state index contributed by atoms with van der Waals surface area (Å²) in [6, 6.07) is 14.2. The van der Waals surface area contributed by atoms with Crippen molar-refractivity contribution in [3.8, 4) is 5.75 Å². The first-order chi connectivity index (χ1) is 10.6. The number of nitrogens with one attached hydrogen (secondary N) is 1. The summed E-state index contributed by atoms with van der Waals surface area (Å²) >= 11 is 0. The highest BCUT2D eigenvalue weighted by atomic mass is 16.3. The Morgan fingerprint density at radius 2 is 1.91 bits per heavy atom. The summed E-state index contributed by atoms with van der Waals surface area (Å²) in [7, 11) is 0. The van der Waals surface area contributed by atoms with Crippen molar-refractivity contribution in [3.63, 3.8) is 0 Å². The quantitative estimate of drug-likeness (QED) is 0.575. The number of fused-ring (bicyclic) bond motifs is 1. The minimum atomic E-state index is -0.484. The Kier molecular flexibility index (Phi) is 3.62. The first-order valence-corrected chi connectivity index (χ1v) is 6.75. The summed E-state index contributed by atoms with van der Waals surface area (Å²) in [5.74, 6) is 0.739. The molecule has 0 bridgehead atoms. The van der Waals surface area contributed by atoms with Crippen molar-refractivity contribution >= 4 is 22.9 Å². The number of rotatable bonds is 3. The molecule has 3 aromatic rings. The number of benzene rings is 2. The van der Waals surface area contributed by atoms with Crippen LogP contribution in [0.25, 0.3) is 10.8 Å². The molecule has 22 heavy (non-hydrogen) atoms. The highest BCUT2D eigenvalue weighted by Gasteiger charge is 2.11. The van der Waals surface area contributed by atoms with E-state index in [1.54, 1.807) is 24.3 Å². The molecule has 0 unspecified atom stereocenters. The summed E-state index contributed by atoms with van der Waals surface area (Å²) < 4.78 is 5.30. The van der Waals surface area contributed by atoms with Gasteiger partial charge in [-0.25, -0.2) is 5.43 Å². The lowest BCUT2D eigenvalue weighted by Crippen LogP contribution is -2.17. The van der Waals surface area contributed by atoms with Gasteiger partial charge in [0.2, 0.25) is 0 Å². The second kappa shape index (κ2) is 5.73. The second-order valence-electron chi connectivity index (χ2n) is 4.86. The van der Waals surface area contributed by atoms with Crippen LogP contribution in [-0.4, -0.2) is 17.2 Å². The van der Waals surface area contributed by atoms with Crippen LogP contribution in [0.4, 0.5) is 0 Å². The highest BCUT2D eigenvalue weighted by molar-refractivity contribution is 6.01. The topological polar surface area (TPSA) is 74.8 Å². The smallest absolute Gasteiger partial charge is 0.275 e. The van der Waals surface area contributed by atoms with E-state index in [0.29, 0.717) is 5.76 Å². The summed E-state index contributed by atoms with van der Waals surface area (Å²) in [5.41, 5.74) is 2.55. The molecule has 0 saturated heterocycles. The number of carbonyl (C=O) groups is 1. The fourth-order valence-electron chi connectivity index (χ4n) is 2.15. The van der Waals surface area contributed by atoms with E-state index in [1.165, 1.54) is 6.21 Å². The van der Waals surface area contributed by atoms with Gasteiger partial charge in [0.15, 0.2) is 0 Å². The lowest BCUT2D eigenvalue weighted by Gasteiger charge is -2.05. The number of nitrogens with zero attached hydrogens (tertiary/aromatic N) is 1. The van der Waals surface area contributed by atoms with Crippen molar-refractivity contribution in [3.05, 3.63) is 65.6 Å². The largest absolute Gasteiger partial charge is 0.507 e. The van der Waals surface area contributed by atoms with Gasteiger partial charge in [-0.2, -0.15) is 5.10 Å². The number of hydrazone groups is 1. The van der Waals surface area contributed by atoms with Crippen LogP contribution in [0.2, 0.25) is 0 Å². The van der Waals surface area contributed by atoms with Gasteiger partial charge in [0, 0.05) is 0 Å². The number of aromatic hydroxyl groups is 1. The van der Waals surface area contributed by atoms with Crippen molar-refractivity contribution < 1.29 is 14.3 Å². The molecule has 0 spiro atoms. The number of furan rings is 1. The SMILES string of the molecule is Cc1ccc(C=NNC(=O)c2cc3ccccc3cc2O)o1. The average molecular weight is 294 g/mol. The maximum atomic E-state index is 12.1. The summed E-state index contributed by atoms with van der Waals surface area (Å²) in [4.78, 5) is 12.1. The van der Waals surface area contributed by atoms with E-state index in [4.69, 9.17) is 4.42 Å². The number of hydrogen-bond acceptors (Lipinski definition) is 4. The molecule has 2 N–H and O–H groups in total. The molecule has 0 radical (unpaired) electrons. The Bertz CT molecular complexity index is 865. The van der Waals surface area contributed by atoms with Crippen molar-refractivity contribution in [2.75, 3.05) is 0 Å². The zero-order chi connectivity index (χ0) is 15.5. The molecule has 0 aliphatic carbocycles. The average Bonchev–Trinajstić information content (AvgIpc) is 2.92. The van der Waals surface area contributed by atoms with E-state index < -0.39 is 5.91 Å². The van der Waals surface area contributed by atoms with Gasteiger partial charge >= 0.3 is 0 Å². The maximum Gasteiger partial charge on any atom is 0.275 e. The maximum absolute atomic E-state index is 12.1. The number of hydrogen-bond donors (Lipinski definition) is 2. The van der Waals surface area contributed by atoms with E-state index in [-0.39, 0.29) is 11.3 Å². The Hall–Kier alpha value is -3.08. The molecule has 2 aromatic carbocycles. The third-order valence-electron chi connectivity index (χ3n) is 3.23. The first kappa shape index (κ1) is 13.9. The predicted octanol–water partition coefficient (Wildman–Crippen LogP) is 3.21. The molecule has 5 heteroatoms. The number of phenolic OH excluding ortho intramolecular Hbond substituents is 1. The number of amides is 1. The molecule has 1 heterocycles. The van der Waals surface area contributed by atoms with Gasteiger partial charge in [0.1, 0.15) is 17.3 Å². The van der Waals surface area contributed by atoms with Gasteiger partial charge in [0.05, 0.1) is 11.8 Å². The van der Waals surface area contributed by atoms with E-state index in [2.05, 4.69) is 10.5 Å². The zero-order valence-electron chi connectivity index (χ0n) is 11.9. The zero-order valence-corrected chi connectivity index (χ0v) is 11.9. The molecule has 3 rings (SSSR count). The second-order valence-corrected chi connectivity index (χ2v) is 4.86. The molecule has 1 aromatic heterocycles. The van der Waals surface area contributed by atoms with E-state index >= 15 is 0 Å². The highest BCUT2D eigenvalue weighted by Crippen LogP contribution is 2.24. The normalized spacial score (nSPS) is 11.1. The van der Waals surface area contributed by atoms with Gasteiger partial charge in [-0.15, -0.1) is 0 Å². The van der Waals surface area contributed by atoms with Crippen LogP contribution < -0.4 is 5.43 Å². The van der Waals surface area contributed by atoms with Crippen LogP contribution in [0.1, 0.15) is 21.9 Å². The molecular weight excluding hydrogens is 280 g/mol. The lowest BCUT2D eigenvalue weighted by molar-refractivity contribution is 0.0952. The van der Waals surface area contributed by atoms with Crippen LogP contribution in [0.15, 0.2) is 58.0 Å². The van der Waals surface area contributed by atoms with Gasteiger partial charge < -0.3 is 9.52 Å². The number of aryl methyl sites for hydroxylation is 1. The summed E-state index contributed by atoms with van der Waals surface area (Å²) in [6.07, 6.45) is 1.41. The van der Waals surface area contributed by atoms with E-state index in [1.807, 2.05) is 31.2 Å². The summed E-state index contributed by atoms with van der Waals surface area (Å²) in [6.45, 7) is 1.82. The molecule has 110 valence electrons. The van der Waals surface area contributed by atoms with Crippen molar-refractivity contribution in [2.24, 2.45) is 5.10 Å². The molecule has 0 aliphatic rings. The Morgan fingerprint density at radius 1 is 1.18 bits per heavy atom. The number of phenols is 1. The number of carbonyl (C=O) groups excluding carboxylic acids is 1. The molecule has 0 fully saturated rings. The van der Waals surface area contributed by atoms with E-state index in [0.717, 1.165) is 16.5 Å². The van der Waals surface area contributed by atoms with Gasteiger partial charge in [-0.1, -0.05) is 24.3 Å². The van der Waals surface area contributed by atoms with E-state index in [9.17, 15) is 9.90 Å². The Balaban J connectivity index is 1.80. The molecule has 5 nitrogen and oxygen atoms in total. The molecule has 0 atom stereocenters. The standard InChI is InChI=1S/C17H14N2O3/c1-11-6-7-14(22-11)10-18-19-17(21)15-8-12-4-2-3-5-13(12)9-16(15)20/h2-10,20H,1H3,(H,19,21). The van der Waals surface area contributed by atoms with Gasteiger partial charge in [-0.3, -0.25) is 4.79 Å². The third kappa shape index (κ3) is 2.83. The van der Waals surface area contributed by atoms with Crippen molar-refractivity contribution in [1.29, 1.82) is 0 Å². The predicted molar refractivity (Wildman–Crippen MR) is 84.1 cm³/mol. The lowest BCUT2D eigenvalue weighted by atomic mass is 10.1. The van der Waals surface area contributed by atoms with Crippen LogP contribution in [0.5, 0.6) is 5.75 Å². The van der Waals surface area contributed by atoms with Crippen LogP contribution in [-0.2, 0) is 0 Å². The first-order valence-electron chi connectivity index (χ1n) is 6.75. The molecule has 0 aliphatic heterocycles. The molecule has 1 amide bonds.